The van der Waals surface area contributed by atoms with Gasteiger partial charge in [-0.15, -0.1) is 11.3 Å². The second-order valence-electron chi connectivity index (χ2n) is 6.69. The van der Waals surface area contributed by atoms with Crippen molar-refractivity contribution in [1.82, 2.24) is 15.3 Å². The number of nitrogens with one attached hydrogen (secondary N) is 3. The van der Waals surface area contributed by atoms with Crippen molar-refractivity contribution in [3.8, 4) is 0 Å². The van der Waals surface area contributed by atoms with Gasteiger partial charge in [0.05, 0.1) is 5.01 Å². The molecular weight excluding hydrogens is 332 g/mol. The lowest BCUT2D eigenvalue weighted by Gasteiger charge is -2.20. The van der Waals surface area contributed by atoms with Crippen molar-refractivity contribution < 1.29 is 4.79 Å². The largest absolute Gasteiger partial charge is 0.359 e. The Balaban J connectivity index is 1.54. The predicted molar refractivity (Wildman–Crippen MR) is 103 cm³/mol. The SMILES string of the molecule is Cc1cc2cc(NC(=O)c3nc(C4CCNCC4)sc3C)ccc2[nH]1. The van der Waals surface area contributed by atoms with Gasteiger partial charge >= 0.3 is 0 Å². The predicted octanol–water partition coefficient (Wildman–Crippen LogP) is 3.96. The number of hydrogen-bond donors (Lipinski definition) is 3. The van der Waals surface area contributed by atoms with E-state index in [1.165, 1.54) is 0 Å². The Morgan fingerprint density at radius 3 is 2.84 bits per heavy atom. The average Bonchev–Trinajstić information content (AvgIpc) is 3.17. The number of rotatable bonds is 3. The van der Waals surface area contributed by atoms with Gasteiger partial charge in [-0.3, -0.25) is 4.79 Å². The van der Waals surface area contributed by atoms with Crippen LogP contribution in [0.1, 0.15) is 44.8 Å². The van der Waals surface area contributed by atoms with E-state index in [2.05, 4.69) is 26.7 Å². The summed E-state index contributed by atoms with van der Waals surface area (Å²) < 4.78 is 0. The first-order valence-electron chi connectivity index (χ1n) is 8.69. The van der Waals surface area contributed by atoms with Crippen molar-refractivity contribution in [2.75, 3.05) is 18.4 Å². The molecule has 0 radical (unpaired) electrons. The highest BCUT2D eigenvalue weighted by Gasteiger charge is 2.22. The number of H-pyrrole nitrogens is 1. The lowest BCUT2D eigenvalue weighted by Crippen LogP contribution is -2.26. The van der Waals surface area contributed by atoms with E-state index in [9.17, 15) is 4.79 Å². The summed E-state index contributed by atoms with van der Waals surface area (Å²) in [6.07, 6.45) is 2.19. The van der Waals surface area contributed by atoms with Crippen molar-refractivity contribution in [2.45, 2.75) is 32.6 Å². The van der Waals surface area contributed by atoms with Crippen LogP contribution in [0.15, 0.2) is 24.3 Å². The van der Waals surface area contributed by atoms with E-state index in [1.54, 1.807) is 11.3 Å². The zero-order chi connectivity index (χ0) is 17.4. The van der Waals surface area contributed by atoms with E-state index >= 15 is 0 Å². The van der Waals surface area contributed by atoms with Crippen LogP contribution < -0.4 is 10.6 Å². The van der Waals surface area contributed by atoms with Gasteiger partial charge < -0.3 is 15.6 Å². The van der Waals surface area contributed by atoms with Crippen molar-refractivity contribution in [3.63, 3.8) is 0 Å². The first-order valence-corrected chi connectivity index (χ1v) is 9.50. The summed E-state index contributed by atoms with van der Waals surface area (Å²) in [6, 6.07) is 7.98. The summed E-state index contributed by atoms with van der Waals surface area (Å²) in [7, 11) is 0. The number of nitrogens with zero attached hydrogens (tertiary/aromatic N) is 1. The molecule has 3 N–H and O–H groups in total. The zero-order valence-corrected chi connectivity index (χ0v) is 15.3. The van der Waals surface area contributed by atoms with Crippen molar-refractivity contribution in [3.05, 3.63) is 45.5 Å². The van der Waals surface area contributed by atoms with Gasteiger partial charge in [-0.2, -0.15) is 0 Å². The standard InChI is InChI=1S/C19H22N4OS/c1-11-9-14-10-15(3-4-16(14)21-11)22-18(24)17-12(2)25-19(23-17)13-5-7-20-8-6-13/h3-4,9-10,13,20-21H,5-8H2,1-2H3,(H,22,24). The fourth-order valence-electron chi connectivity index (χ4n) is 3.42. The van der Waals surface area contributed by atoms with Gasteiger partial charge in [-0.1, -0.05) is 0 Å². The summed E-state index contributed by atoms with van der Waals surface area (Å²) in [5, 5.41) is 8.56. The first-order chi connectivity index (χ1) is 12.1. The van der Waals surface area contributed by atoms with Crippen LogP contribution in [-0.2, 0) is 0 Å². The second kappa shape index (κ2) is 6.61. The Kier molecular flexibility index (Phi) is 4.31. The zero-order valence-electron chi connectivity index (χ0n) is 14.5. The normalized spacial score (nSPS) is 15.6. The number of carbonyl (C=O) groups is 1. The molecule has 0 saturated carbocycles. The van der Waals surface area contributed by atoms with E-state index in [1.807, 2.05) is 32.0 Å². The minimum atomic E-state index is -0.124. The maximum absolute atomic E-state index is 12.7. The molecule has 130 valence electrons. The molecule has 25 heavy (non-hydrogen) atoms. The molecule has 1 aliphatic heterocycles. The third kappa shape index (κ3) is 3.32. The number of fused-ring (bicyclic) bond motifs is 1. The number of piperidine rings is 1. The summed E-state index contributed by atoms with van der Waals surface area (Å²) in [6.45, 7) is 6.07. The Hall–Kier alpha value is -2.18. The monoisotopic (exact) mass is 354 g/mol. The van der Waals surface area contributed by atoms with Crippen LogP contribution in [-0.4, -0.2) is 29.0 Å². The number of anilines is 1. The third-order valence-corrected chi connectivity index (χ3v) is 5.86. The molecule has 6 heteroatoms. The van der Waals surface area contributed by atoms with Crippen LogP contribution in [0.4, 0.5) is 5.69 Å². The molecule has 3 heterocycles. The highest BCUT2D eigenvalue weighted by molar-refractivity contribution is 7.12. The van der Waals surface area contributed by atoms with E-state index in [0.717, 1.165) is 58.1 Å². The topological polar surface area (TPSA) is 69.8 Å². The summed E-state index contributed by atoms with van der Waals surface area (Å²) >= 11 is 1.66. The molecular formula is C19H22N4OS. The van der Waals surface area contributed by atoms with Gasteiger partial charge in [0, 0.05) is 33.1 Å². The molecule has 0 aliphatic carbocycles. The molecule has 1 saturated heterocycles. The highest BCUT2D eigenvalue weighted by Crippen LogP contribution is 2.31. The van der Waals surface area contributed by atoms with Crippen molar-refractivity contribution >= 4 is 33.8 Å². The molecule has 0 spiro atoms. The van der Waals surface area contributed by atoms with Gasteiger partial charge in [-0.05, 0) is 64.0 Å². The van der Waals surface area contributed by atoms with Crippen LogP contribution in [0.25, 0.3) is 10.9 Å². The lowest BCUT2D eigenvalue weighted by atomic mass is 9.99. The maximum Gasteiger partial charge on any atom is 0.275 e. The number of aromatic nitrogens is 2. The van der Waals surface area contributed by atoms with Gasteiger partial charge in [0.25, 0.3) is 5.91 Å². The molecule has 0 bridgehead atoms. The Morgan fingerprint density at radius 1 is 1.24 bits per heavy atom. The van der Waals surface area contributed by atoms with E-state index in [4.69, 9.17) is 0 Å². The minimum Gasteiger partial charge on any atom is -0.359 e. The third-order valence-electron chi connectivity index (χ3n) is 4.73. The summed E-state index contributed by atoms with van der Waals surface area (Å²) in [5.74, 6) is 0.353. The number of amides is 1. The second-order valence-corrected chi connectivity index (χ2v) is 7.92. The summed E-state index contributed by atoms with van der Waals surface area (Å²) in [4.78, 5) is 21.6. The average molecular weight is 354 g/mol. The number of carbonyl (C=O) groups excluding carboxylic acids is 1. The van der Waals surface area contributed by atoms with E-state index < -0.39 is 0 Å². The van der Waals surface area contributed by atoms with Gasteiger partial charge in [-0.25, -0.2) is 4.98 Å². The number of aromatic amines is 1. The van der Waals surface area contributed by atoms with Gasteiger partial charge in [0.15, 0.2) is 0 Å². The molecule has 4 rings (SSSR count). The molecule has 1 amide bonds. The number of hydrogen-bond acceptors (Lipinski definition) is 4. The van der Waals surface area contributed by atoms with Crippen LogP contribution in [0.2, 0.25) is 0 Å². The van der Waals surface area contributed by atoms with Crippen LogP contribution >= 0.6 is 11.3 Å². The first kappa shape index (κ1) is 16.3. The van der Waals surface area contributed by atoms with Crippen molar-refractivity contribution in [1.29, 1.82) is 0 Å². The Morgan fingerprint density at radius 2 is 2.04 bits per heavy atom. The van der Waals surface area contributed by atoms with Gasteiger partial charge in [0.2, 0.25) is 0 Å². The van der Waals surface area contributed by atoms with Gasteiger partial charge in [0.1, 0.15) is 5.69 Å². The molecule has 1 fully saturated rings. The van der Waals surface area contributed by atoms with Crippen LogP contribution in [0.3, 0.4) is 0 Å². The smallest absolute Gasteiger partial charge is 0.275 e. The number of thiazole rings is 1. The summed E-state index contributed by atoms with van der Waals surface area (Å²) in [5.41, 5.74) is 3.55. The fraction of sp³-hybridized carbons (Fsp3) is 0.368. The van der Waals surface area contributed by atoms with Crippen LogP contribution in [0, 0.1) is 13.8 Å². The minimum absolute atomic E-state index is 0.124. The molecule has 0 unspecified atom stereocenters. The molecule has 0 atom stereocenters. The van der Waals surface area contributed by atoms with Crippen LogP contribution in [0.5, 0.6) is 0 Å². The molecule has 2 aromatic heterocycles. The molecule has 1 aromatic carbocycles. The maximum atomic E-state index is 12.7. The fourth-order valence-corrected chi connectivity index (χ4v) is 4.50. The molecule has 5 nitrogen and oxygen atoms in total. The number of aryl methyl sites for hydroxylation is 2. The Bertz CT molecular complexity index is 921. The quantitative estimate of drug-likeness (QED) is 0.667. The van der Waals surface area contributed by atoms with Crippen molar-refractivity contribution in [2.24, 2.45) is 0 Å². The molecule has 1 aliphatic rings. The lowest BCUT2D eigenvalue weighted by molar-refractivity contribution is 0.102. The highest BCUT2D eigenvalue weighted by atomic mass is 32.1. The van der Waals surface area contributed by atoms with E-state index in [-0.39, 0.29) is 5.91 Å². The Labute approximate surface area is 150 Å². The number of benzene rings is 1. The van der Waals surface area contributed by atoms with E-state index in [0.29, 0.717) is 11.6 Å². The molecule has 3 aromatic rings.